The predicted octanol–water partition coefficient (Wildman–Crippen LogP) is 5.00. The van der Waals surface area contributed by atoms with Crippen LogP contribution in [0.2, 0.25) is 5.02 Å². The second-order valence-electron chi connectivity index (χ2n) is 7.57. The van der Waals surface area contributed by atoms with Crippen molar-refractivity contribution in [2.75, 3.05) is 5.32 Å². The third-order valence-electron chi connectivity index (χ3n) is 5.02. The number of halogens is 4. The summed E-state index contributed by atoms with van der Waals surface area (Å²) >= 11 is 6.04. The van der Waals surface area contributed by atoms with E-state index in [0.717, 1.165) is 17.3 Å². The van der Waals surface area contributed by atoms with Crippen LogP contribution in [0.4, 0.5) is 18.9 Å². The van der Waals surface area contributed by atoms with Crippen LogP contribution in [0.25, 0.3) is 0 Å². The zero-order valence-corrected chi connectivity index (χ0v) is 18.3. The molecule has 1 aromatic carbocycles. The first-order chi connectivity index (χ1) is 14.5. The van der Waals surface area contributed by atoms with E-state index in [2.05, 4.69) is 15.5 Å². The van der Waals surface area contributed by atoms with Gasteiger partial charge in [0.05, 0.1) is 36.1 Å². The molecule has 1 amide bonds. The fraction of sp³-hybridized carbons (Fsp3) is 0.381. The van der Waals surface area contributed by atoms with Crippen molar-refractivity contribution in [3.8, 4) is 0 Å². The Morgan fingerprint density at radius 2 is 1.87 bits per heavy atom. The number of anilines is 1. The number of nitrogens with one attached hydrogen (secondary N) is 1. The molecule has 3 rings (SSSR count). The summed E-state index contributed by atoms with van der Waals surface area (Å²) in [6, 6.07) is 8.40. The number of alkyl halides is 3. The average molecular weight is 454 g/mol. The Hall–Kier alpha value is -2.81. The van der Waals surface area contributed by atoms with Gasteiger partial charge in [-0.05, 0) is 44.5 Å². The first-order valence-corrected chi connectivity index (χ1v) is 10.0. The molecule has 0 radical (unpaired) electrons. The van der Waals surface area contributed by atoms with E-state index in [9.17, 15) is 18.0 Å². The van der Waals surface area contributed by atoms with E-state index in [1.165, 1.54) is 11.6 Å². The van der Waals surface area contributed by atoms with E-state index >= 15 is 0 Å². The molecule has 0 fully saturated rings. The molecule has 0 aliphatic rings. The van der Waals surface area contributed by atoms with Gasteiger partial charge in [0.25, 0.3) is 0 Å². The van der Waals surface area contributed by atoms with Crippen LogP contribution in [0.1, 0.15) is 35.3 Å². The highest BCUT2D eigenvalue weighted by molar-refractivity contribution is 6.30. The van der Waals surface area contributed by atoms with Crippen molar-refractivity contribution < 1.29 is 18.0 Å². The van der Waals surface area contributed by atoms with Crippen LogP contribution < -0.4 is 5.32 Å². The van der Waals surface area contributed by atoms with Gasteiger partial charge in [-0.25, -0.2) is 0 Å². The normalized spacial score (nSPS) is 12.8. The molecule has 2 aromatic heterocycles. The molecule has 0 bridgehead atoms. The van der Waals surface area contributed by atoms with Crippen LogP contribution in [0.15, 0.2) is 30.3 Å². The first kappa shape index (κ1) is 22.9. The highest BCUT2D eigenvalue weighted by atomic mass is 35.5. The summed E-state index contributed by atoms with van der Waals surface area (Å²) in [7, 11) is 0. The maximum absolute atomic E-state index is 12.9. The molecular formula is C21H23ClF3N5O. The number of amides is 1. The minimum absolute atomic E-state index is 0.0303. The van der Waals surface area contributed by atoms with Gasteiger partial charge in [-0.1, -0.05) is 30.7 Å². The van der Waals surface area contributed by atoms with Crippen LogP contribution in [-0.4, -0.2) is 25.5 Å². The van der Waals surface area contributed by atoms with Crippen molar-refractivity contribution in [3.05, 3.63) is 63.7 Å². The molecular weight excluding hydrogens is 431 g/mol. The number of rotatable bonds is 6. The van der Waals surface area contributed by atoms with Gasteiger partial charge in [-0.3, -0.25) is 14.2 Å². The van der Waals surface area contributed by atoms with E-state index in [4.69, 9.17) is 11.6 Å². The van der Waals surface area contributed by atoms with E-state index in [1.807, 2.05) is 25.1 Å². The Morgan fingerprint density at radius 3 is 2.48 bits per heavy atom. The summed E-state index contributed by atoms with van der Waals surface area (Å²) in [5.41, 5.74) is 2.36. The maximum atomic E-state index is 12.9. The van der Waals surface area contributed by atoms with Crippen molar-refractivity contribution in [2.45, 2.75) is 47.0 Å². The highest BCUT2D eigenvalue weighted by Crippen LogP contribution is 2.29. The number of hydrogen-bond acceptors (Lipinski definition) is 3. The Morgan fingerprint density at radius 1 is 1.16 bits per heavy atom. The molecule has 1 unspecified atom stereocenters. The monoisotopic (exact) mass is 453 g/mol. The van der Waals surface area contributed by atoms with Crippen LogP contribution in [-0.2, 0) is 24.1 Å². The molecule has 0 aliphatic heterocycles. The summed E-state index contributed by atoms with van der Waals surface area (Å²) < 4.78 is 41.6. The minimum atomic E-state index is -4.52. The van der Waals surface area contributed by atoms with Gasteiger partial charge in [0, 0.05) is 10.7 Å². The van der Waals surface area contributed by atoms with Crippen LogP contribution in [0.5, 0.6) is 0 Å². The predicted molar refractivity (Wildman–Crippen MR) is 112 cm³/mol. The Kier molecular flexibility index (Phi) is 6.45. The fourth-order valence-electron chi connectivity index (χ4n) is 3.26. The summed E-state index contributed by atoms with van der Waals surface area (Å²) in [6.45, 7) is 7.33. The van der Waals surface area contributed by atoms with Crippen molar-refractivity contribution in [1.29, 1.82) is 0 Å². The second-order valence-corrected chi connectivity index (χ2v) is 8.01. The molecule has 0 spiro atoms. The minimum Gasteiger partial charge on any atom is -0.323 e. The number of benzene rings is 1. The number of carbonyl (C=O) groups excluding carboxylic acids is 1. The number of carbonyl (C=O) groups is 1. The van der Waals surface area contributed by atoms with E-state index in [0.29, 0.717) is 28.6 Å². The summed E-state index contributed by atoms with van der Waals surface area (Å²) in [6.07, 6.45) is -4.52. The fourth-order valence-corrected chi connectivity index (χ4v) is 3.48. The zero-order valence-electron chi connectivity index (χ0n) is 17.6. The Bertz CT molecular complexity index is 1100. The second kappa shape index (κ2) is 8.74. The Labute approximate surface area is 183 Å². The molecule has 0 aliphatic carbocycles. The number of aryl methyl sites for hydroxylation is 2. The van der Waals surface area contributed by atoms with Gasteiger partial charge < -0.3 is 5.32 Å². The Balaban J connectivity index is 1.71. The lowest BCUT2D eigenvalue weighted by Crippen LogP contribution is -2.26. The van der Waals surface area contributed by atoms with Gasteiger partial charge in [0.1, 0.15) is 0 Å². The average Bonchev–Trinajstić information content (AvgIpc) is 3.16. The van der Waals surface area contributed by atoms with Crippen LogP contribution in [0, 0.1) is 26.7 Å². The van der Waals surface area contributed by atoms with Crippen LogP contribution in [0.3, 0.4) is 0 Å². The van der Waals surface area contributed by atoms with Crippen molar-refractivity contribution in [2.24, 2.45) is 5.92 Å². The largest absolute Gasteiger partial charge is 0.435 e. The third kappa shape index (κ3) is 5.28. The molecule has 1 atom stereocenters. The number of nitrogens with zero attached hydrogens (tertiary/aromatic N) is 4. The summed E-state index contributed by atoms with van der Waals surface area (Å²) in [5.74, 6) is -0.924. The zero-order chi connectivity index (χ0) is 22.9. The van der Waals surface area contributed by atoms with Gasteiger partial charge in [0.15, 0.2) is 5.69 Å². The van der Waals surface area contributed by atoms with E-state index < -0.39 is 17.8 Å². The molecule has 6 nitrogen and oxygen atoms in total. The highest BCUT2D eigenvalue weighted by Gasteiger charge is 2.34. The SMILES string of the molecule is Cc1nn(Cc2cccc(Cl)c2)c(C)c1NC(=O)C(C)Cn1nc(C(F)(F)F)cc1C. The molecule has 166 valence electrons. The quantitative estimate of drug-likeness (QED) is 0.571. The molecule has 3 aromatic rings. The van der Waals surface area contributed by atoms with Gasteiger partial charge in [-0.15, -0.1) is 0 Å². The van der Waals surface area contributed by atoms with Gasteiger partial charge in [-0.2, -0.15) is 23.4 Å². The molecule has 1 N–H and O–H groups in total. The first-order valence-electron chi connectivity index (χ1n) is 9.66. The smallest absolute Gasteiger partial charge is 0.323 e. The lowest BCUT2D eigenvalue weighted by atomic mass is 10.1. The summed E-state index contributed by atoms with van der Waals surface area (Å²) in [4.78, 5) is 12.7. The van der Waals surface area contributed by atoms with Gasteiger partial charge >= 0.3 is 6.18 Å². The molecule has 2 heterocycles. The van der Waals surface area contributed by atoms with E-state index in [-0.39, 0.29) is 12.5 Å². The third-order valence-corrected chi connectivity index (χ3v) is 5.25. The number of hydrogen-bond donors (Lipinski definition) is 1. The topological polar surface area (TPSA) is 64.7 Å². The number of aromatic nitrogens is 4. The molecule has 0 saturated carbocycles. The molecule has 31 heavy (non-hydrogen) atoms. The maximum Gasteiger partial charge on any atom is 0.435 e. The van der Waals surface area contributed by atoms with Crippen molar-refractivity contribution in [1.82, 2.24) is 19.6 Å². The lowest BCUT2D eigenvalue weighted by Gasteiger charge is -2.14. The lowest BCUT2D eigenvalue weighted by molar-refractivity contribution is -0.141. The van der Waals surface area contributed by atoms with Crippen molar-refractivity contribution in [3.63, 3.8) is 0 Å². The standard InChI is InChI=1S/C21H23ClF3N5O/c1-12(10-29-13(2)8-18(28-29)21(23,24)25)20(31)26-19-14(3)27-30(15(19)4)11-16-6-5-7-17(22)9-16/h5-9,12H,10-11H2,1-4H3,(H,26,31). The molecule has 10 heteroatoms. The summed E-state index contributed by atoms with van der Waals surface area (Å²) in [5, 5.41) is 11.6. The van der Waals surface area contributed by atoms with E-state index in [1.54, 1.807) is 24.6 Å². The van der Waals surface area contributed by atoms with Crippen molar-refractivity contribution >= 4 is 23.2 Å². The molecule has 0 saturated heterocycles. The van der Waals surface area contributed by atoms with Crippen LogP contribution >= 0.6 is 11.6 Å². The van der Waals surface area contributed by atoms with Gasteiger partial charge in [0.2, 0.25) is 5.91 Å².